The average Bonchev–Trinajstić information content (AvgIpc) is 3.95. The molecule has 3 aromatic heterocycles. The third-order valence-electron chi connectivity index (χ3n) is 12.3. The summed E-state index contributed by atoms with van der Waals surface area (Å²) in [5.41, 5.74) is 11.1. The van der Waals surface area contributed by atoms with Crippen LogP contribution < -0.4 is 0 Å². The number of aromatic nitrogens is 2. The summed E-state index contributed by atoms with van der Waals surface area (Å²) in [6, 6.07) is 70.5. The van der Waals surface area contributed by atoms with Crippen molar-refractivity contribution in [3.8, 4) is 22.5 Å². The van der Waals surface area contributed by atoms with Crippen molar-refractivity contribution >= 4 is 97.9 Å². The maximum absolute atomic E-state index is 7.03. The Hall–Kier alpha value is -7.62. The molecule has 0 aliphatic carbocycles. The minimum absolute atomic E-state index is 0.896. The van der Waals surface area contributed by atoms with E-state index in [0.29, 0.717) is 0 Å². The smallest absolute Gasteiger partial charge is 0.160 e. The van der Waals surface area contributed by atoms with E-state index in [-0.39, 0.29) is 0 Å². The Morgan fingerprint density at radius 3 is 1.53 bits per heavy atom. The maximum Gasteiger partial charge on any atom is 0.160 e. The zero-order valence-electron chi connectivity index (χ0n) is 30.8. The molecule has 0 aliphatic rings. The third kappa shape index (κ3) is 4.10. The van der Waals surface area contributed by atoms with Crippen LogP contribution in [-0.2, 0) is 0 Å². The van der Waals surface area contributed by atoms with Crippen LogP contribution in [0.4, 0.5) is 0 Å². The monoisotopic (exact) mass is 724 g/mol. The highest BCUT2D eigenvalue weighted by Gasteiger charge is 2.26. The Balaban J connectivity index is 1.15. The van der Waals surface area contributed by atoms with Crippen molar-refractivity contribution < 1.29 is 4.42 Å². The minimum atomic E-state index is 0.896. The molecule has 0 fully saturated rings. The molecule has 3 nitrogen and oxygen atoms in total. The first-order valence-electron chi connectivity index (χ1n) is 19.6. The molecule has 0 unspecified atom stereocenters. The lowest BCUT2D eigenvalue weighted by atomic mass is 9.89. The zero-order chi connectivity index (χ0) is 37.2. The van der Waals surface area contributed by atoms with Crippen LogP contribution in [0.3, 0.4) is 0 Å². The summed E-state index contributed by atoms with van der Waals surface area (Å²) in [5, 5.41) is 14.8. The van der Waals surface area contributed by atoms with Gasteiger partial charge in [-0.05, 0) is 69.6 Å². The second kappa shape index (κ2) is 11.5. The van der Waals surface area contributed by atoms with Crippen LogP contribution in [0.5, 0.6) is 0 Å². The highest BCUT2D eigenvalue weighted by molar-refractivity contribution is 6.44. The van der Waals surface area contributed by atoms with Gasteiger partial charge in [0.05, 0.1) is 22.1 Å². The van der Waals surface area contributed by atoms with E-state index in [1.165, 1.54) is 76.0 Å². The van der Waals surface area contributed by atoms with Gasteiger partial charge in [0.1, 0.15) is 5.58 Å². The number of rotatable bonds is 3. The molecule has 0 spiro atoms. The Labute approximate surface area is 326 Å². The van der Waals surface area contributed by atoms with Crippen molar-refractivity contribution in [3.05, 3.63) is 194 Å². The molecular weight excluding hydrogens is 693 g/mol. The number of hydrogen-bond donors (Lipinski definition) is 0. The Morgan fingerprint density at radius 1 is 0.298 bits per heavy atom. The van der Waals surface area contributed by atoms with Crippen LogP contribution in [0, 0.1) is 0 Å². The first-order valence-corrected chi connectivity index (χ1v) is 19.6. The lowest BCUT2D eigenvalue weighted by molar-refractivity contribution is 0.671. The van der Waals surface area contributed by atoms with E-state index in [4.69, 9.17) is 4.42 Å². The van der Waals surface area contributed by atoms with Crippen molar-refractivity contribution in [2.45, 2.75) is 0 Å². The van der Waals surface area contributed by atoms with Gasteiger partial charge in [-0.25, -0.2) is 0 Å². The van der Waals surface area contributed by atoms with Crippen molar-refractivity contribution in [1.82, 2.24) is 9.13 Å². The molecule has 3 heterocycles. The topological polar surface area (TPSA) is 23.0 Å². The van der Waals surface area contributed by atoms with E-state index in [1.807, 2.05) is 0 Å². The van der Waals surface area contributed by atoms with E-state index >= 15 is 0 Å². The second-order valence-corrected chi connectivity index (χ2v) is 15.2. The van der Waals surface area contributed by atoms with Gasteiger partial charge in [0.2, 0.25) is 0 Å². The highest BCUT2D eigenvalue weighted by atomic mass is 16.3. The van der Waals surface area contributed by atoms with Gasteiger partial charge in [-0.3, -0.25) is 0 Å². The number of hydrogen-bond acceptors (Lipinski definition) is 1. The minimum Gasteiger partial charge on any atom is -0.454 e. The maximum atomic E-state index is 7.03. The molecule has 10 aromatic carbocycles. The van der Waals surface area contributed by atoms with Crippen molar-refractivity contribution in [1.29, 1.82) is 0 Å². The van der Waals surface area contributed by atoms with Gasteiger partial charge in [0, 0.05) is 60.0 Å². The summed E-state index contributed by atoms with van der Waals surface area (Å²) >= 11 is 0. The van der Waals surface area contributed by atoms with Crippen LogP contribution in [0.2, 0.25) is 0 Å². The first kappa shape index (κ1) is 30.7. The Kier molecular flexibility index (Phi) is 6.16. The number of para-hydroxylation sites is 5. The summed E-state index contributed by atoms with van der Waals surface area (Å²) in [4.78, 5) is 0. The lowest BCUT2D eigenvalue weighted by Gasteiger charge is -2.15. The van der Waals surface area contributed by atoms with E-state index < -0.39 is 0 Å². The quantitative estimate of drug-likeness (QED) is 0.166. The molecule has 3 heteroatoms. The van der Waals surface area contributed by atoms with Crippen molar-refractivity contribution in [2.75, 3.05) is 0 Å². The van der Waals surface area contributed by atoms with Gasteiger partial charge in [-0.15, -0.1) is 0 Å². The molecular formula is C54H32N2O. The van der Waals surface area contributed by atoms with Crippen LogP contribution >= 0.6 is 0 Å². The average molecular weight is 725 g/mol. The van der Waals surface area contributed by atoms with Crippen LogP contribution in [0.15, 0.2) is 199 Å². The van der Waals surface area contributed by atoms with Crippen molar-refractivity contribution in [3.63, 3.8) is 0 Å². The summed E-state index contributed by atoms with van der Waals surface area (Å²) in [7, 11) is 0. The largest absolute Gasteiger partial charge is 0.454 e. The summed E-state index contributed by atoms with van der Waals surface area (Å²) < 4.78 is 11.9. The molecule has 0 bridgehead atoms. The van der Waals surface area contributed by atoms with E-state index in [9.17, 15) is 0 Å². The van der Waals surface area contributed by atoms with E-state index in [0.717, 1.165) is 44.3 Å². The first-order chi connectivity index (χ1) is 28.3. The summed E-state index contributed by atoms with van der Waals surface area (Å²) in [5.74, 6) is 0. The predicted octanol–water partition coefficient (Wildman–Crippen LogP) is 14.9. The lowest BCUT2D eigenvalue weighted by Crippen LogP contribution is -1.96. The molecule has 57 heavy (non-hydrogen) atoms. The van der Waals surface area contributed by atoms with Crippen LogP contribution in [-0.4, -0.2) is 9.13 Å². The van der Waals surface area contributed by atoms with Gasteiger partial charge in [-0.1, -0.05) is 152 Å². The van der Waals surface area contributed by atoms with Crippen LogP contribution in [0.1, 0.15) is 0 Å². The molecule has 0 aliphatic heterocycles. The van der Waals surface area contributed by atoms with E-state index in [2.05, 4.69) is 203 Å². The van der Waals surface area contributed by atoms with Gasteiger partial charge >= 0.3 is 0 Å². The molecule has 0 saturated heterocycles. The fourth-order valence-corrected chi connectivity index (χ4v) is 9.98. The standard InChI is InChI=1S/C54H32N2O/c1-2-15-34(16-3-1)55-45-26-11-8-19-39(45)42-25-14-24-36(52(42)55)33-29-31-35(32-30-33)56-46-27-12-9-22-43(46)50-48-40-20-6-4-17-37(40)38-18-5-7-21-41(38)49(48)51-44-23-10-13-28-47(44)57-54(51)53(50)56/h1-32H. The number of benzene rings is 10. The zero-order valence-corrected chi connectivity index (χ0v) is 30.8. The van der Waals surface area contributed by atoms with Gasteiger partial charge in [0.15, 0.2) is 5.58 Å². The molecule has 0 saturated carbocycles. The fourth-order valence-electron chi connectivity index (χ4n) is 9.98. The molecule has 0 atom stereocenters. The predicted molar refractivity (Wildman–Crippen MR) is 240 cm³/mol. The molecule has 264 valence electrons. The van der Waals surface area contributed by atoms with Crippen LogP contribution in [0.25, 0.3) is 120 Å². The van der Waals surface area contributed by atoms with Gasteiger partial charge < -0.3 is 13.6 Å². The summed E-state index contributed by atoms with van der Waals surface area (Å²) in [6.45, 7) is 0. The molecule has 0 N–H and O–H groups in total. The second-order valence-electron chi connectivity index (χ2n) is 15.2. The van der Waals surface area contributed by atoms with Crippen molar-refractivity contribution in [2.24, 2.45) is 0 Å². The fraction of sp³-hybridized carbons (Fsp3) is 0. The molecule has 13 rings (SSSR count). The van der Waals surface area contributed by atoms with Gasteiger partial charge in [-0.2, -0.15) is 0 Å². The SMILES string of the molecule is c1ccc(-n2c3ccccc3c3cccc(-c4ccc(-n5c6ccccc6c6c7c8ccccc8c8ccccc8c7c7c8ccccc8oc7c65)cc4)c32)cc1. The normalized spacial score (nSPS) is 12.2. The number of fused-ring (bicyclic) bond motifs is 18. The molecule has 13 aromatic rings. The number of nitrogens with zero attached hydrogens (tertiary/aromatic N) is 2. The molecule has 0 radical (unpaired) electrons. The Bertz CT molecular complexity index is 3790. The van der Waals surface area contributed by atoms with Gasteiger partial charge in [0.25, 0.3) is 0 Å². The number of furan rings is 1. The Morgan fingerprint density at radius 2 is 0.807 bits per heavy atom. The highest BCUT2D eigenvalue weighted by Crippen LogP contribution is 2.50. The summed E-state index contributed by atoms with van der Waals surface area (Å²) in [6.07, 6.45) is 0. The molecule has 0 amide bonds. The van der Waals surface area contributed by atoms with E-state index in [1.54, 1.807) is 0 Å². The third-order valence-corrected chi connectivity index (χ3v) is 12.3.